The van der Waals surface area contributed by atoms with E-state index in [0.29, 0.717) is 46.2 Å². The summed E-state index contributed by atoms with van der Waals surface area (Å²) in [7, 11) is 0. The van der Waals surface area contributed by atoms with Gasteiger partial charge in [0.05, 0.1) is 11.7 Å². The molecule has 2 aromatic rings. The van der Waals surface area contributed by atoms with E-state index < -0.39 is 11.9 Å². The van der Waals surface area contributed by atoms with Gasteiger partial charge < -0.3 is 10.1 Å². The fourth-order valence-electron chi connectivity index (χ4n) is 4.60. The molecule has 0 aromatic heterocycles. The van der Waals surface area contributed by atoms with Crippen LogP contribution < -0.4 is 5.32 Å². The summed E-state index contributed by atoms with van der Waals surface area (Å²) >= 11 is 12.2. The fraction of sp³-hybridized carbons (Fsp3) is 0.333. The molecule has 2 aromatic carbocycles. The monoisotopic (exact) mass is 483 g/mol. The second-order valence-electron chi connectivity index (χ2n) is 8.74. The van der Waals surface area contributed by atoms with E-state index in [2.05, 4.69) is 5.32 Å². The van der Waals surface area contributed by atoms with Crippen LogP contribution in [0.1, 0.15) is 63.0 Å². The Morgan fingerprint density at radius 3 is 2.18 bits per heavy atom. The molecular weight excluding hydrogens is 457 g/mol. The number of rotatable bonds is 5. The molecule has 0 saturated heterocycles. The van der Waals surface area contributed by atoms with Crippen LogP contribution in [0.25, 0.3) is 0 Å². The van der Waals surface area contributed by atoms with Gasteiger partial charge in [-0.2, -0.15) is 0 Å². The Morgan fingerprint density at radius 1 is 1.03 bits per heavy atom. The normalized spacial score (nSPS) is 21.4. The van der Waals surface area contributed by atoms with Crippen molar-refractivity contribution in [2.45, 2.75) is 58.0 Å². The van der Waals surface area contributed by atoms with Gasteiger partial charge in [-0.3, -0.25) is 4.79 Å². The van der Waals surface area contributed by atoms with Gasteiger partial charge in [0.15, 0.2) is 5.78 Å². The Morgan fingerprint density at radius 2 is 1.61 bits per heavy atom. The van der Waals surface area contributed by atoms with Gasteiger partial charge in [0.2, 0.25) is 0 Å². The first kappa shape index (κ1) is 23.6. The maximum atomic E-state index is 13.6. The predicted molar refractivity (Wildman–Crippen MR) is 131 cm³/mol. The molecule has 33 heavy (non-hydrogen) atoms. The number of esters is 1. The molecule has 0 amide bonds. The van der Waals surface area contributed by atoms with Gasteiger partial charge in [-0.1, -0.05) is 54.4 Å². The Hall–Kier alpha value is -2.56. The molecule has 0 unspecified atom stereocenters. The minimum Gasteiger partial charge on any atom is -0.459 e. The summed E-state index contributed by atoms with van der Waals surface area (Å²) in [4.78, 5) is 26.8. The lowest BCUT2D eigenvalue weighted by Gasteiger charge is -2.37. The smallest absolute Gasteiger partial charge is 0.337 e. The van der Waals surface area contributed by atoms with E-state index in [9.17, 15) is 9.59 Å². The largest absolute Gasteiger partial charge is 0.459 e. The van der Waals surface area contributed by atoms with E-state index in [1.54, 1.807) is 12.1 Å². The maximum Gasteiger partial charge on any atom is 0.337 e. The quantitative estimate of drug-likeness (QED) is 0.480. The average molecular weight is 484 g/mol. The van der Waals surface area contributed by atoms with Gasteiger partial charge in [-0.05, 0) is 68.0 Å². The second kappa shape index (κ2) is 9.74. The van der Waals surface area contributed by atoms with E-state index >= 15 is 0 Å². The molecule has 172 valence electrons. The molecule has 3 atom stereocenters. The molecule has 1 N–H and O–H groups in total. The highest BCUT2D eigenvalue weighted by Crippen LogP contribution is 2.46. The number of carbonyl (C=O) groups excluding carboxylic acids is 2. The van der Waals surface area contributed by atoms with E-state index in [0.717, 1.165) is 16.8 Å². The molecule has 0 saturated carbocycles. The van der Waals surface area contributed by atoms with Crippen molar-refractivity contribution < 1.29 is 14.3 Å². The maximum absolute atomic E-state index is 13.6. The average Bonchev–Trinajstić information content (AvgIpc) is 2.78. The molecule has 4 rings (SSSR count). The van der Waals surface area contributed by atoms with Crippen molar-refractivity contribution in [1.82, 2.24) is 5.32 Å². The highest BCUT2D eigenvalue weighted by atomic mass is 35.5. The third kappa shape index (κ3) is 4.87. The first-order valence-corrected chi connectivity index (χ1v) is 12.0. The summed E-state index contributed by atoms with van der Waals surface area (Å²) in [5.74, 6) is -0.805. The number of dihydropyridines is 1. The molecule has 0 radical (unpaired) electrons. The number of carbonyl (C=O) groups is 2. The van der Waals surface area contributed by atoms with Gasteiger partial charge >= 0.3 is 5.97 Å². The third-order valence-corrected chi connectivity index (χ3v) is 6.98. The molecule has 6 heteroatoms. The Balaban J connectivity index is 1.76. The fourth-order valence-corrected chi connectivity index (χ4v) is 4.85. The first-order valence-electron chi connectivity index (χ1n) is 11.2. The number of ketones is 1. The molecular formula is C27H27Cl2NO3. The lowest BCUT2D eigenvalue weighted by atomic mass is 9.72. The SMILES string of the molecule is CC[C@@H](C)OC(=O)C1=C(C)NC2=C(C(=O)C[C@H](c3ccc(Cl)cc3)C2)[C@H]1c1ccc(Cl)cc1. The van der Waals surface area contributed by atoms with Gasteiger partial charge in [0.1, 0.15) is 0 Å². The van der Waals surface area contributed by atoms with Crippen molar-refractivity contribution in [3.63, 3.8) is 0 Å². The predicted octanol–water partition coefficient (Wildman–Crippen LogP) is 6.70. The number of ether oxygens (including phenoxy) is 1. The van der Waals surface area contributed by atoms with Crippen LogP contribution in [0.15, 0.2) is 71.1 Å². The van der Waals surface area contributed by atoms with Gasteiger partial charge in [-0.15, -0.1) is 0 Å². The number of hydrogen-bond acceptors (Lipinski definition) is 4. The van der Waals surface area contributed by atoms with Crippen LogP contribution in [-0.4, -0.2) is 17.9 Å². The van der Waals surface area contributed by atoms with Crippen molar-refractivity contribution in [1.29, 1.82) is 0 Å². The standard InChI is InChI=1S/C27H27Cl2NO3/c1-4-15(2)33-27(32)24-16(3)30-22-13-19(17-5-9-20(28)10-6-17)14-23(31)26(22)25(24)18-7-11-21(29)12-8-18/h5-12,15,19,25,30H,4,13-14H2,1-3H3/t15-,19-,25+/m1/s1. The minimum atomic E-state index is -0.492. The van der Waals surface area contributed by atoms with Crippen LogP contribution in [-0.2, 0) is 14.3 Å². The van der Waals surface area contributed by atoms with Crippen LogP contribution in [0.4, 0.5) is 0 Å². The van der Waals surface area contributed by atoms with Crippen LogP contribution in [0.3, 0.4) is 0 Å². The summed E-state index contributed by atoms with van der Waals surface area (Å²) in [6, 6.07) is 15.0. The lowest BCUT2D eigenvalue weighted by molar-refractivity contribution is -0.144. The number of allylic oxidation sites excluding steroid dienone is 3. The number of nitrogens with one attached hydrogen (secondary N) is 1. The van der Waals surface area contributed by atoms with E-state index in [1.807, 2.05) is 57.2 Å². The molecule has 2 aliphatic rings. The highest BCUT2D eigenvalue weighted by Gasteiger charge is 2.41. The number of halogens is 2. The molecule has 0 fully saturated rings. The molecule has 0 bridgehead atoms. The van der Waals surface area contributed by atoms with Gasteiger partial charge in [0, 0.05) is 39.4 Å². The number of hydrogen-bond donors (Lipinski definition) is 1. The number of benzene rings is 2. The van der Waals surface area contributed by atoms with E-state index in [1.165, 1.54) is 0 Å². The van der Waals surface area contributed by atoms with Crippen LogP contribution in [0, 0.1) is 0 Å². The summed E-state index contributed by atoms with van der Waals surface area (Å²) in [5, 5.41) is 4.65. The first-order chi connectivity index (χ1) is 15.8. The van der Waals surface area contributed by atoms with Gasteiger partial charge in [0.25, 0.3) is 0 Å². The highest BCUT2D eigenvalue weighted by molar-refractivity contribution is 6.30. The zero-order valence-corrected chi connectivity index (χ0v) is 20.5. The number of Topliss-reactive ketones (excluding diaryl/α,β-unsaturated/α-hetero) is 1. The molecule has 4 nitrogen and oxygen atoms in total. The Kier molecular flexibility index (Phi) is 6.96. The van der Waals surface area contributed by atoms with Crippen LogP contribution in [0.5, 0.6) is 0 Å². The zero-order valence-electron chi connectivity index (χ0n) is 19.0. The van der Waals surface area contributed by atoms with Crippen LogP contribution in [0.2, 0.25) is 10.0 Å². The summed E-state index contributed by atoms with van der Waals surface area (Å²) in [5.41, 5.74) is 4.63. The van der Waals surface area contributed by atoms with Crippen molar-refractivity contribution in [2.75, 3.05) is 0 Å². The summed E-state index contributed by atoms with van der Waals surface area (Å²) < 4.78 is 5.69. The van der Waals surface area contributed by atoms with E-state index in [4.69, 9.17) is 27.9 Å². The molecule has 1 heterocycles. The van der Waals surface area contributed by atoms with Crippen molar-refractivity contribution in [2.24, 2.45) is 0 Å². The van der Waals surface area contributed by atoms with E-state index in [-0.39, 0.29) is 17.8 Å². The van der Waals surface area contributed by atoms with Crippen molar-refractivity contribution in [3.05, 3.63) is 92.2 Å². The third-order valence-electron chi connectivity index (χ3n) is 6.48. The topological polar surface area (TPSA) is 55.4 Å². The van der Waals surface area contributed by atoms with Crippen LogP contribution >= 0.6 is 23.2 Å². The molecule has 1 aliphatic heterocycles. The summed E-state index contributed by atoms with van der Waals surface area (Å²) in [6.07, 6.45) is 1.55. The van der Waals surface area contributed by atoms with Crippen molar-refractivity contribution in [3.8, 4) is 0 Å². The Labute approximate surface area is 204 Å². The van der Waals surface area contributed by atoms with Gasteiger partial charge in [-0.25, -0.2) is 4.79 Å². The zero-order chi connectivity index (χ0) is 23.7. The summed E-state index contributed by atoms with van der Waals surface area (Å²) in [6.45, 7) is 5.71. The molecule has 0 spiro atoms. The Bertz CT molecular complexity index is 1130. The lowest BCUT2D eigenvalue weighted by Crippen LogP contribution is -2.36. The molecule has 1 aliphatic carbocycles. The second-order valence-corrected chi connectivity index (χ2v) is 9.62. The van der Waals surface area contributed by atoms with Crippen molar-refractivity contribution >= 4 is 35.0 Å². The minimum absolute atomic E-state index is 0.0324.